The molecule has 1 saturated heterocycles. The summed E-state index contributed by atoms with van der Waals surface area (Å²) in [6.45, 7) is 3.54. The van der Waals surface area contributed by atoms with Crippen molar-refractivity contribution in [1.29, 1.82) is 0 Å². The zero-order valence-electron chi connectivity index (χ0n) is 18.1. The zero-order valence-corrected chi connectivity index (χ0v) is 18.1. The van der Waals surface area contributed by atoms with Gasteiger partial charge in [-0.2, -0.15) is 5.10 Å². The van der Waals surface area contributed by atoms with Crippen LogP contribution in [0.3, 0.4) is 0 Å². The molecule has 8 nitrogen and oxygen atoms in total. The third kappa shape index (κ3) is 3.31. The topological polar surface area (TPSA) is 83.7 Å². The molecule has 0 radical (unpaired) electrons. The first-order valence-electron chi connectivity index (χ1n) is 10.7. The lowest BCUT2D eigenvalue weighted by molar-refractivity contribution is 0.0715. The number of piperidine rings is 1. The summed E-state index contributed by atoms with van der Waals surface area (Å²) in [5, 5.41) is 15.1. The number of pyridine rings is 1. The second kappa shape index (κ2) is 7.53. The molecule has 0 saturated carbocycles. The number of amides is 1. The first-order valence-corrected chi connectivity index (χ1v) is 10.7. The molecule has 2 aliphatic heterocycles. The van der Waals surface area contributed by atoms with Crippen molar-refractivity contribution in [3.05, 3.63) is 47.3 Å². The molecule has 3 aromatic rings. The van der Waals surface area contributed by atoms with Gasteiger partial charge in [-0.25, -0.2) is 4.98 Å². The monoisotopic (exact) mass is 421 g/mol. The molecule has 1 fully saturated rings. The van der Waals surface area contributed by atoms with Crippen LogP contribution in [0.4, 0.5) is 5.82 Å². The van der Waals surface area contributed by atoms with Gasteiger partial charge in [0.2, 0.25) is 0 Å². The number of hydrogen-bond donors (Lipinski definition) is 1. The van der Waals surface area contributed by atoms with Crippen LogP contribution in [0.2, 0.25) is 0 Å². The number of nitrogens with zero attached hydrogens (tertiary/aromatic N) is 5. The Balaban J connectivity index is 1.29. The molecule has 31 heavy (non-hydrogen) atoms. The summed E-state index contributed by atoms with van der Waals surface area (Å²) in [4.78, 5) is 21.1. The fourth-order valence-corrected chi connectivity index (χ4v) is 4.68. The Morgan fingerprint density at radius 3 is 2.71 bits per heavy atom. The van der Waals surface area contributed by atoms with Crippen molar-refractivity contribution in [3.63, 3.8) is 0 Å². The van der Waals surface area contributed by atoms with E-state index in [1.807, 2.05) is 49.1 Å². The number of rotatable bonds is 4. The minimum Gasteiger partial charge on any atom is -0.490 e. The molecule has 0 bridgehead atoms. The van der Waals surface area contributed by atoms with Crippen molar-refractivity contribution in [2.45, 2.75) is 31.9 Å². The molecule has 162 valence electrons. The molecular formula is C23H27N5O3. The van der Waals surface area contributed by atoms with E-state index in [1.54, 1.807) is 11.9 Å². The standard InChI is InChI=1S/C23H27N5O3/c1-14-10-18-21(20(13-29)26(2)23(18)30)25-22(14)28-8-6-16(7-9-28)31-17-4-5-19-15(11-17)12-24-27(19)3/h4-5,10-12,16,20,29H,6-9,13H2,1-3H3. The third-order valence-electron chi connectivity index (χ3n) is 6.48. The first kappa shape index (κ1) is 19.8. The predicted octanol–water partition coefficient (Wildman–Crippen LogP) is 2.44. The third-order valence-corrected chi connectivity index (χ3v) is 6.48. The Labute approximate surface area is 181 Å². The van der Waals surface area contributed by atoms with Crippen molar-refractivity contribution >= 4 is 22.6 Å². The maximum atomic E-state index is 12.4. The lowest BCUT2D eigenvalue weighted by Gasteiger charge is -2.34. The van der Waals surface area contributed by atoms with Crippen LogP contribution in [-0.4, -0.2) is 63.5 Å². The smallest absolute Gasteiger partial charge is 0.256 e. The Morgan fingerprint density at radius 1 is 1.19 bits per heavy atom. The largest absolute Gasteiger partial charge is 0.490 e. The van der Waals surface area contributed by atoms with E-state index in [-0.39, 0.29) is 24.7 Å². The average molecular weight is 422 g/mol. The molecule has 2 aromatic heterocycles. The van der Waals surface area contributed by atoms with Crippen molar-refractivity contribution in [3.8, 4) is 5.75 Å². The fraction of sp³-hybridized carbons (Fsp3) is 0.435. The number of aliphatic hydroxyl groups is 1. The van der Waals surface area contributed by atoms with E-state index in [1.165, 1.54) is 0 Å². The quantitative estimate of drug-likeness (QED) is 0.697. The maximum absolute atomic E-state index is 12.4. The number of anilines is 1. The second-order valence-electron chi connectivity index (χ2n) is 8.47. The van der Waals surface area contributed by atoms with Crippen molar-refractivity contribution in [1.82, 2.24) is 19.7 Å². The molecule has 0 aliphatic carbocycles. The normalized spacial score (nSPS) is 19.4. The van der Waals surface area contributed by atoms with Crippen molar-refractivity contribution < 1.29 is 14.6 Å². The summed E-state index contributed by atoms with van der Waals surface area (Å²) in [5.74, 6) is 1.70. The van der Waals surface area contributed by atoms with Gasteiger partial charge in [0.25, 0.3) is 5.91 Å². The summed E-state index contributed by atoms with van der Waals surface area (Å²) < 4.78 is 8.11. The van der Waals surface area contributed by atoms with Crippen LogP contribution in [0, 0.1) is 6.92 Å². The molecule has 4 heterocycles. The van der Waals surface area contributed by atoms with Crippen LogP contribution in [-0.2, 0) is 7.05 Å². The van der Waals surface area contributed by atoms with Gasteiger partial charge in [0.15, 0.2) is 0 Å². The lowest BCUT2D eigenvalue weighted by atomic mass is 10.1. The molecule has 1 aromatic carbocycles. The molecule has 0 spiro atoms. The van der Waals surface area contributed by atoms with Crippen molar-refractivity contribution in [2.24, 2.45) is 7.05 Å². The second-order valence-corrected chi connectivity index (χ2v) is 8.47. The molecule has 5 rings (SSSR count). The maximum Gasteiger partial charge on any atom is 0.256 e. The average Bonchev–Trinajstić information content (AvgIpc) is 3.25. The Kier molecular flexibility index (Phi) is 4.81. The van der Waals surface area contributed by atoms with Gasteiger partial charge in [0.05, 0.1) is 35.6 Å². The summed E-state index contributed by atoms with van der Waals surface area (Å²) in [6, 6.07) is 7.64. The van der Waals surface area contributed by atoms with Gasteiger partial charge in [-0.3, -0.25) is 9.48 Å². The highest BCUT2D eigenvalue weighted by atomic mass is 16.5. The molecule has 1 unspecified atom stereocenters. The van der Waals surface area contributed by atoms with Crippen LogP contribution >= 0.6 is 0 Å². The lowest BCUT2D eigenvalue weighted by Crippen LogP contribution is -2.39. The van der Waals surface area contributed by atoms with Gasteiger partial charge < -0.3 is 19.6 Å². The minimum absolute atomic E-state index is 0.0751. The van der Waals surface area contributed by atoms with E-state index in [2.05, 4.69) is 10.00 Å². The number of aliphatic hydroxyl groups excluding tert-OH is 1. The molecule has 2 aliphatic rings. The number of hydrogen-bond acceptors (Lipinski definition) is 6. The summed E-state index contributed by atoms with van der Waals surface area (Å²) in [5.41, 5.74) is 3.36. The first-order chi connectivity index (χ1) is 15.0. The van der Waals surface area contributed by atoms with Crippen LogP contribution in [0.15, 0.2) is 30.5 Å². The number of benzene rings is 1. The van der Waals surface area contributed by atoms with E-state index in [0.29, 0.717) is 11.3 Å². The molecule has 1 atom stereocenters. The fourth-order valence-electron chi connectivity index (χ4n) is 4.68. The van der Waals surface area contributed by atoms with Crippen LogP contribution in [0.5, 0.6) is 5.75 Å². The SMILES string of the molecule is Cc1cc2c(nc1N1CCC(Oc3ccc4c(cnn4C)c3)CC1)C(CO)N(C)C2=O. The van der Waals surface area contributed by atoms with Gasteiger partial charge >= 0.3 is 0 Å². The number of aromatic nitrogens is 3. The van der Waals surface area contributed by atoms with Crippen LogP contribution in [0.25, 0.3) is 10.9 Å². The van der Waals surface area contributed by atoms with Gasteiger partial charge in [-0.05, 0) is 36.8 Å². The number of aryl methyl sites for hydroxylation is 2. The van der Waals surface area contributed by atoms with E-state index >= 15 is 0 Å². The highest BCUT2D eigenvalue weighted by molar-refractivity contribution is 5.99. The Morgan fingerprint density at radius 2 is 1.97 bits per heavy atom. The number of fused-ring (bicyclic) bond motifs is 2. The predicted molar refractivity (Wildman–Crippen MR) is 117 cm³/mol. The highest BCUT2D eigenvalue weighted by Gasteiger charge is 2.36. The van der Waals surface area contributed by atoms with E-state index in [0.717, 1.165) is 54.0 Å². The molecule has 8 heteroatoms. The molecular weight excluding hydrogens is 394 g/mol. The van der Waals surface area contributed by atoms with Gasteiger partial charge in [0.1, 0.15) is 17.7 Å². The van der Waals surface area contributed by atoms with Gasteiger partial charge in [0, 0.05) is 45.4 Å². The number of likely N-dealkylation sites (N-methyl/N-ethyl adjacent to an activating group) is 1. The van der Waals surface area contributed by atoms with E-state index in [9.17, 15) is 9.90 Å². The van der Waals surface area contributed by atoms with Crippen LogP contribution < -0.4 is 9.64 Å². The minimum atomic E-state index is -0.370. The molecule has 1 N–H and O–H groups in total. The van der Waals surface area contributed by atoms with Gasteiger partial charge in [-0.1, -0.05) is 0 Å². The number of ether oxygens (including phenoxy) is 1. The summed E-state index contributed by atoms with van der Waals surface area (Å²) >= 11 is 0. The Hall–Kier alpha value is -3.13. The molecule has 1 amide bonds. The summed E-state index contributed by atoms with van der Waals surface area (Å²) in [6.07, 6.45) is 3.80. The van der Waals surface area contributed by atoms with Crippen molar-refractivity contribution in [2.75, 3.05) is 31.6 Å². The van der Waals surface area contributed by atoms with Gasteiger partial charge in [-0.15, -0.1) is 0 Å². The van der Waals surface area contributed by atoms with E-state index < -0.39 is 0 Å². The number of carbonyl (C=O) groups excluding carboxylic acids is 1. The van der Waals surface area contributed by atoms with Crippen LogP contribution in [0.1, 0.15) is 40.5 Å². The number of carbonyl (C=O) groups is 1. The Bertz CT molecular complexity index is 1150. The van der Waals surface area contributed by atoms with E-state index in [4.69, 9.17) is 9.72 Å². The zero-order chi connectivity index (χ0) is 21.7. The highest BCUT2D eigenvalue weighted by Crippen LogP contribution is 2.35. The summed E-state index contributed by atoms with van der Waals surface area (Å²) in [7, 11) is 3.65.